The number of amides is 1. The van der Waals surface area contributed by atoms with Crippen molar-refractivity contribution in [2.75, 3.05) is 0 Å². The molecule has 1 amide bonds. The van der Waals surface area contributed by atoms with E-state index in [4.69, 9.17) is 0 Å². The maximum absolute atomic E-state index is 12.3. The fourth-order valence-corrected chi connectivity index (χ4v) is 3.50. The first-order valence-electron chi connectivity index (χ1n) is 9.09. The minimum Gasteiger partial charge on any atom is -0.508 e. The van der Waals surface area contributed by atoms with Crippen molar-refractivity contribution in [2.24, 2.45) is 0 Å². The number of carbonyl (C=O) groups excluding carboxylic acids is 1. The molecule has 2 N–H and O–H groups in total. The minimum atomic E-state index is -0.0939. The molecular weight excluding hydrogens is 342 g/mol. The van der Waals surface area contributed by atoms with Crippen LogP contribution >= 0.6 is 0 Å². The Kier molecular flexibility index (Phi) is 4.82. The zero-order valence-electron chi connectivity index (χ0n) is 14.8. The van der Waals surface area contributed by atoms with Gasteiger partial charge in [0.05, 0.1) is 17.9 Å². The summed E-state index contributed by atoms with van der Waals surface area (Å²) >= 11 is 0. The molecule has 1 fully saturated rings. The van der Waals surface area contributed by atoms with Crippen molar-refractivity contribution in [3.8, 4) is 17.0 Å². The molecule has 0 unspecified atom stereocenters. The van der Waals surface area contributed by atoms with Crippen LogP contribution in [0, 0.1) is 0 Å². The van der Waals surface area contributed by atoms with E-state index in [2.05, 4.69) is 20.4 Å². The van der Waals surface area contributed by atoms with Gasteiger partial charge in [-0.25, -0.2) is 9.97 Å². The van der Waals surface area contributed by atoms with Gasteiger partial charge in [-0.15, -0.1) is 0 Å². The molecule has 2 aromatic heterocycles. The predicted molar refractivity (Wildman–Crippen MR) is 100 cm³/mol. The summed E-state index contributed by atoms with van der Waals surface area (Å²) in [5.74, 6) is 0.0659. The number of hydrogen-bond donors (Lipinski definition) is 2. The lowest BCUT2D eigenvalue weighted by molar-refractivity contribution is 0.0921. The number of aromatic hydroxyl groups is 1. The lowest BCUT2D eigenvalue weighted by Gasteiger charge is -2.29. The number of phenolic OH excluding ortho intramolecular Hbond substituents is 1. The molecule has 1 aliphatic carbocycles. The van der Waals surface area contributed by atoms with Gasteiger partial charge in [-0.05, 0) is 56.0 Å². The van der Waals surface area contributed by atoms with E-state index in [9.17, 15) is 9.90 Å². The smallest absolute Gasteiger partial charge is 0.251 e. The van der Waals surface area contributed by atoms with Gasteiger partial charge in [-0.1, -0.05) is 0 Å². The molecule has 1 aromatic carbocycles. The highest BCUT2D eigenvalue weighted by Gasteiger charge is 2.24. The van der Waals surface area contributed by atoms with Gasteiger partial charge in [0.2, 0.25) is 0 Å². The summed E-state index contributed by atoms with van der Waals surface area (Å²) in [7, 11) is 0. The van der Waals surface area contributed by atoms with Gasteiger partial charge < -0.3 is 10.4 Å². The summed E-state index contributed by atoms with van der Waals surface area (Å²) in [6.45, 7) is 0. The van der Waals surface area contributed by atoms with E-state index in [1.54, 1.807) is 18.3 Å². The number of phenols is 1. The highest BCUT2D eigenvalue weighted by Crippen LogP contribution is 2.29. The monoisotopic (exact) mass is 363 g/mol. The predicted octanol–water partition coefficient (Wildman–Crippen LogP) is 2.96. The van der Waals surface area contributed by atoms with Crippen molar-refractivity contribution < 1.29 is 9.90 Å². The molecule has 3 aromatic rings. The maximum Gasteiger partial charge on any atom is 0.251 e. The first kappa shape index (κ1) is 17.2. The van der Waals surface area contributed by atoms with Crippen LogP contribution in [0.25, 0.3) is 11.3 Å². The fourth-order valence-electron chi connectivity index (χ4n) is 3.50. The van der Waals surface area contributed by atoms with Crippen molar-refractivity contribution in [1.29, 1.82) is 0 Å². The number of aromatic nitrogens is 4. The minimum absolute atomic E-state index is 0.0939. The second-order valence-corrected chi connectivity index (χ2v) is 6.83. The molecule has 2 heterocycles. The number of hydrogen-bond acceptors (Lipinski definition) is 5. The van der Waals surface area contributed by atoms with Crippen LogP contribution in [0.3, 0.4) is 0 Å². The van der Waals surface area contributed by atoms with Gasteiger partial charge in [0.15, 0.2) is 0 Å². The Morgan fingerprint density at radius 2 is 1.89 bits per heavy atom. The molecule has 7 heteroatoms. The maximum atomic E-state index is 12.3. The quantitative estimate of drug-likeness (QED) is 0.743. The Bertz CT molecular complexity index is 900. The number of benzene rings is 1. The molecule has 4 rings (SSSR count). The zero-order valence-corrected chi connectivity index (χ0v) is 14.8. The third kappa shape index (κ3) is 3.97. The Balaban J connectivity index is 1.33. The number of nitrogens with one attached hydrogen (secondary N) is 1. The molecule has 0 saturated heterocycles. The normalized spacial score (nSPS) is 19.6. The topological polar surface area (TPSA) is 92.9 Å². The Morgan fingerprint density at radius 1 is 1.11 bits per heavy atom. The van der Waals surface area contributed by atoms with Gasteiger partial charge in [-0.3, -0.25) is 9.48 Å². The van der Waals surface area contributed by atoms with Crippen LogP contribution in [0.2, 0.25) is 0 Å². The van der Waals surface area contributed by atoms with Gasteiger partial charge >= 0.3 is 0 Å². The average molecular weight is 363 g/mol. The van der Waals surface area contributed by atoms with Gasteiger partial charge in [0.1, 0.15) is 12.1 Å². The largest absolute Gasteiger partial charge is 0.508 e. The number of rotatable bonds is 4. The van der Waals surface area contributed by atoms with Crippen LogP contribution in [0.4, 0.5) is 0 Å². The fraction of sp³-hybridized carbons (Fsp3) is 0.300. The first-order valence-corrected chi connectivity index (χ1v) is 9.09. The molecule has 0 bridgehead atoms. The van der Waals surface area contributed by atoms with Crippen LogP contribution in [0.5, 0.6) is 5.75 Å². The zero-order chi connectivity index (χ0) is 18.6. The molecule has 1 aliphatic rings. The van der Waals surface area contributed by atoms with Crippen molar-refractivity contribution >= 4 is 5.91 Å². The Morgan fingerprint density at radius 3 is 2.59 bits per heavy atom. The third-order valence-corrected chi connectivity index (χ3v) is 5.01. The number of carbonyl (C=O) groups is 1. The molecule has 0 atom stereocenters. The SMILES string of the molecule is O=C(NC1CCC(n2cc(-c3ccncn3)cn2)CC1)c1ccc(O)cc1. The van der Waals surface area contributed by atoms with E-state index >= 15 is 0 Å². The molecule has 27 heavy (non-hydrogen) atoms. The number of nitrogens with zero attached hydrogens (tertiary/aromatic N) is 4. The average Bonchev–Trinajstić information content (AvgIpc) is 3.20. The van der Waals surface area contributed by atoms with Crippen LogP contribution in [0.1, 0.15) is 42.1 Å². The van der Waals surface area contributed by atoms with Gasteiger partial charge in [0.25, 0.3) is 5.91 Å². The Hall–Kier alpha value is -3.22. The molecule has 0 aliphatic heterocycles. The Labute approximate surface area is 157 Å². The summed E-state index contributed by atoms with van der Waals surface area (Å²) in [4.78, 5) is 20.5. The van der Waals surface area contributed by atoms with Crippen LogP contribution in [0.15, 0.2) is 55.2 Å². The van der Waals surface area contributed by atoms with Gasteiger partial charge in [0, 0.05) is 29.6 Å². The summed E-state index contributed by atoms with van der Waals surface area (Å²) < 4.78 is 2.01. The van der Waals surface area contributed by atoms with E-state index < -0.39 is 0 Å². The van der Waals surface area contributed by atoms with Gasteiger partial charge in [-0.2, -0.15) is 5.10 Å². The van der Waals surface area contributed by atoms with Crippen molar-refractivity contribution in [2.45, 2.75) is 37.8 Å². The molecular formula is C20H21N5O2. The standard InChI is InChI=1S/C20H21N5O2/c26-18-7-1-14(2-8-18)20(27)24-16-3-5-17(6-4-16)25-12-15(11-23-25)19-9-10-21-13-22-19/h1-2,7-13,16-17,26H,3-6H2,(H,24,27). The van der Waals surface area contributed by atoms with E-state index in [0.717, 1.165) is 36.9 Å². The van der Waals surface area contributed by atoms with Crippen molar-refractivity contribution in [1.82, 2.24) is 25.1 Å². The van der Waals surface area contributed by atoms with E-state index in [1.165, 1.54) is 18.5 Å². The lowest BCUT2D eigenvalue weighted by atomic mass is 9.91. The van der Waals surface area contributed by atoms with Crippen molar-refractivity contribution in [3.63, 3.8) is 0 Å². The summed E-state index contributed by atoms with van der Waals surface area (Å²) in [6, 6.07) is 8.69. The van der Waals surface area contributed by atoms with Crippen LogP contribution < -0.4 is 5.32 Å². The summed E-state index contributed by atoms with van der Waals surface area (Å²) in [5.41, 5.74) is 2.42. The second-order valence-electron chi connectivity index (χ2n) is 6.83. The van der Waals surface area contributed by atoms with Crippen LogP contribution in [-0.2, 0) is 0 Å². The van der Waals surface area contributed by atoms with E-state index in [-0.39, 0.29) is 17.7 Å². The lowest BCUT2D eigenvalue weighted by Crippen LogP contribution is -2.38. The van der Waals surface area contributed by atoms with Crippen LogP contribution in [-0.4, -0.2) is 36.8 Å². The second kappa shape index (κ2) is 7.57. The molecule has 7 nitrogen and oxygen atoms in total. The molecule has 0 spiro atoms. The molecule has 138 valence electrons. The highest BCUT2D eigenvalue weighted by molar-refractivity contribution is 5.94. The summed E-state index contributed by atoms with van der Waals surface area (Å²) in [6.07, 6.45) is 10.9. The molecule has 1 saturated carbocycles. The van der Waals surface area contributed by atoms with E-state index in [0.29, 0.717) is 11.6 Å². The first-order chi connectivity index (χ1) is 13.2. The highest BCUT2D eigenvalue weighted by atomic mass is 16.3. The van der Waals surface area contributed by atoms with E-state index in [1.807, 2.05) is 23.1 Å². The third-order valence-electron chi connectivity index (χ3n) is 5.01. The molecule has 0 radical (unpaired) electrons. The van der Waals surface area contributed by atoms with Crippen molar-refractivity contribution in [3.05, 3.63) is 60.8 Å². The summed E-state index contributed by atoms with van der Waals surface area (Å²) in [5, 5.41) is 16.9.